The van der Waals surface area contributed by atoms with Crippen molar-refractivity contribution in [3.63, 3.8) is 0 Å². The molecule has 0 radical (unpaired) electrons. The highest BCUT2D eigenvalue weighted by molar-refractivity contribution is 7.93. The molecular formula is C31H30Cl2N2O6S. The first-order valence-electron chi connectivity index (χ1n) is 13.2. The Morgan fingerprint density at radius 3 is 2.24 bits per heavy atom. The normalized spacial score (nSPS) is 11.2. The third-order valence-corrected chi connectivity index (χ3v) is 8.60. The van der Waals surface area contributed by atoms with Gasteiger partial charge in [0.25, 0.3) is 10.0 Å². The summed E-state index contributed by atoms with van der Waals surface area (Å²) in [6.45, 7) is 1.55. The zero-order valence-corrected chi connectivity index (χ0v) is 25.4. The number of methoxy groups -OCH3 is 1. The number of carbonyl (C=O) groups excluding carboxylic acids is 2. The summed E-state index contributed by atoms with van der Waals surface area (Å²) in [6.07, 6.45) is 1.59. The molecule has 0 saturated carbocycles. The SMILES string of the molecule is CCCCOC(=O)CN(c1cccc2c(NC(=O)Cc3ccc(OC)cc3)cccc12)S(=O)(=O)c1cc(Cl)cc(Cl)c1. The molecule has 1 N–H and O–H groups in total. The first kappa shape index (κ1) is 31.2. The van der Waals surface area contributed by atoms with Crippen molar-refractivity contribution >= 4 is 67.2 Å². The van der Waals surface area contributed by atoms with Gasteiger partial charge in [-0.3, -0.25) is 13.9 Å². The number of sulfonamides is 1. The number of ether oxygens (including phenoxy) is 2. The molecule has 8 nitrogen and oxygen atoms in total. The lowest BCUT2D eigenvalue weighted by Gasteiger charge is -2.25. The van der Waals surface area contributed by atoms with E-state index < -0.39 is 22.5 Å². The number of anilines is 2. The van der Waals surface area contributed by atoms with Gasteiger partial charge >= 0.3 is 5.97 Å². The zero-order valence-electron chi connectivity index (χ0n) is 23.1. The van der Waals surface area contributed by atoms with Crippen LogP contribution in [0.5, 0.6) is 5.75 Å². The van der Waals surface area contributed by atoms with Gasteiger partial charge in [-0.25, -0.2) is 8.42 Å². The minimum atomic E-state index is -4.33. The Kier molecular flexibility index (Phi) is 10.3. The molecule has 42 heavy (non-hydrogen) atoms. The Balaban J connectivity index is 1.72. The van der Waals surface area contributed by atoms with Crippen LogP contribution in [0.4, 0.5) is 11.4 Å². The molecule has 0 bridgehead atoms. The first-order chi connectivity index (χ1) is 20.1. The van der Waals surface area contributed by atoms with E-state index in [4.69, 9.17) is 32.7 Å². The third kappa shape index (κ3) is 7.53. The van der Waals surface area contributed by atoms with Gasteiger partial charge < -0.3 is 14.8 Å². The monoisotopic (exact) mass is 628 g/mol. The summed E-state index contributed by atoms with van der Waals surface area (Å²) in [4.78, 5) is 25.6. The first-order valence-corrected chi connectivity index (χ1v) is 15.4. The number of unbranched alkanes of at least 4 members (excludes halogenated alkanes) is 1. The van der Waals surface area contributed by atoms with Gasteiger partial charge in [-0.15, -0.1) is 0 Å². The summed E-state index contributed by atoms with van der Waals surface area (Å²) in [5.74, 6) is -0.272. The Hall–Kier alpha value is -3.79. The summed E-state index contributed by atoms with van der Waals surface area (Å²) in [5, 5.41) is 4.27. The highest BCUT2D eigenvalue weighted by atomic mass is 35.5. The molecule has 4 rings (SSSR count). The lowest BCUT2D eigenvalue weighted by Crippen LogP contribution is -2.37. The topological polar surface area (TPSA) is 102 Å². The second-order valence-electron chi connectivity index (χ2n) is 9.44. The molecule has 0 fully saturated rings. The molecule has 4 aromatic carbocycles. The second-order valence-corrected chi connectivity index (χ2v) is 12.2. The van der Waals surface area contributed by atoms with E-state index in [9.17, 15) is 18.0 Å². The van der Waals surface area contributed by atoms with E-state index in [1.54, 1.807) is 55.6 Å². The summed E-state index contributed by atoms with van der Waals surface area (Å²) >= 11 is 12.3. The van der Waals surface area contributed by atoms with Crippen molar-refractivity contribution in [1.29, 1.82) is 0 Å². The Morgan fingerprint density at radius 1 is 0.905 bits per heavy atom. The predicted molar refractivity (Wildman–Crippen MR) is 166 cm³/mol. The van der Waals surface area contributed by atoms with Gasteiger partial charge in [-0.1, -0.05) is 72.9 Å². The molecule has 1 amide bonds. The van der Waals surface area contributed by atoms with Crippen molar-refractivity contribution in [2.75, 3.05) is 29.9 Å². The van der Waals surface area contributed by atoms with Crippen LogP contribution in [0.3, 0.4) is 0 Å². The molecule has 0 heterocycles. The number of fused-ring (bicyclic) bond motifs is 1. The van der Waals surface area contributed by atoms with Gasteiger partial charge in [0, 0.05) is 26.5 Å². The van der Waals surface area contributed by atoms with E-state index >= 15 is 0 Å². The quantitative estimate of drug-likeness (QED) is 0.136. The molecule has 220 valence electrons. The fourth-order valence-electron chi connectivity index (χ4n) is 4.34. The van der Waals surface area contributed by atoms with Crippen molar-refractivity contribution in [3.05, 3.63) is 94.5 Å². The minimum absolute atomic E-state index is 0.125. The van der Waals surface area contributed by atoms with Gasteiger partial charge in [0.2, 0.25) is 5.91 Å². The molecule has 0 unspecified atom stereocenters. The maximum absolute atomic E-state index is 14.0. The summed E-state index contributed by atoms with van der Waals surface area (Å²) in [5.41, 5.74) is 1.51. The van der Waals surface area contributed by atoms with E-state index in [2.05, 4.69) is 5.32 Å². The van der Waals surface area contributed by atoms with Gasteiger partial charge in [-0.05, 0) is 54.4 Å². The number of halogens is 2. The molecule has 0 aliphatic rings. The van der Waals surface area contributed by atoms with Crippen LogP contribution < -0.4 is 14.4 Å². The van der Waals surface area contributed by atoms with Crippen molar-refractivity contribution in [1.82, 2.24) is 0 Å². The second kappa shape index (κ2) is 13.9. The van der Waals surface area contributed by atoms with Crippen LogP contribution in [-0.2, 0) is 30.8 Å². The smallest absolute Gasteiger partial charge is 0.326 e. The van der Waals surface area contributed by atoms with Gasteiger partial charge in [-0.2, -0.15) is 0 Å². The number of nitrogens with zero attached hydrogens (tertiary/aromatic N) is 1. The maximum Gasteiger partial charge on any atom is 0.326 e. The molecule has 0 atom stereocenters. The van der Waals surface area contributed by atoms with E-state index in [0.717, 1.165) is 16.3 Å². The van der Waals surface area contributed by atoms with E-state index in [1.807, 2.05) is 19.1 Å². The van der Waals surface area contributed by atoms with Gasteiger partial charge in [0.15, 0.2) is 0 Å². The number of nitrogens with one attached hydrogen (secondary N) is 1. The maximum atomic E-state index is 14.0. The number of hydrogen-bond acceptors (Lipinski definition) is 6. The van der Waals surface area contributed by atoms with Gasteiger partial charge in [0.05, 0.1) is 30.7 Å². The Morgan fingerprint density at radius 2 is 1.57 bits per heavy atom. The zero-order chi connectivity index (χ0) is 30.3. The van der Waals surface area contributed by atoms with Crippen LogP contribution >= 0.6 is 23.2 Å². The molecule has 0 saturated heterocycles. The Bertz CT molecular complexity index is 1670. The number of rotatable bonds is 12. The molecule has 11 heteroatoms. The standard InChI is InChI=1S/C31H30Cl2N2O6S/c1-3-4-15-41-31(37)20-35(42(38,39)25-18-22(32)17-23(33)19-25)29-10-6-7-26-27(29)8-5-9-28(26)34-30(36)16-21-11-13-24(40-2)14-12-21/h5-14,17-19H,3-4,15-16,20H2,1-2H3,(H,34,36). The molecular weight excluding hydrogens is 599 g/mol. The van der Waals surface area contributed by atoms with Crippen LogP contribution in [0.25, 0.3) is 10.8 Å². The average molecular weight is 630 g/mol. The van der Waals surface area contributed by atoms with E-state index in [1.165, 1.54) is 18.2 Å². The highest BCUT2D eigenvalue weighted by Crippen LogP contribution is 2.35. The number of hydrogen-bond donors (Lipinski definition) is 1. The number of benzene rings is 4. The lowest BCUT2D eigenvalue weighted by molar-refractivity contribution is -0.141. The van der Waals surface area contributed by atoms with E-state index in [0.29, 0.717) is 28.6 Å². The average Bonchev–Trinajstić information content (AvgIpc) is 2.96. The highest BCUT2D eigenvalue weighted by Gasteiger charge is 2.30. The van der Waals surface area contributed by atoms with Crippen LogP contribution in [-0.4, -0.2) is 40.6 Å². The molecule has 0 spiro atoms. The van der Waals surface area contributed by atoms with E-state index in [-0.39, 0.29) is 39.6 Å². The molecule has 0 aliphatic heterocycles. The predicted octanol–water partition coefficient (Wildman–Crippen LogP) is 6.88. The number of carbonyl (C=O) groups is 2. The van der Waals surface area contributed by atoms with Crippen molar-refractivity contribution in [3.8, 4) is 5.75 Å². The molecule has 0 aromatic heterocycles. The largest absolute Gasteiger partial charge is 0.497 e. The summed E-state index contributed by atoms with van der Waals surface area (Å²) in [6, 6.07) is 21.3. The van der Waals surface area contributed by atoms with Crippen molar-refractivity contribution < 1.29 is 27.5 Å². The van der Waals surface area contributed by atoms with Crippen LogP contribution in [0, 0.1) is 0 Å². The van der Waals surface area contributed by atoms with Crippen molar-refractivity contribution in [2.24, 2.45) is 0 Å². The third-order valence-electron chi connectivity index (χ3n) is 6.42. The van der Waals surface area contributed by atoms with Crippen molar-refractivity contribution in [2.45, 2.75) is 31.1 Å². The Labute approximate surface area is 255 Å². The van der Waals surface area contributed by atoms with Gasteiger partial charge in [0.1, 0.15) is 12.3 Å². The lowest BCUT2D eigenvalue weighted by atomic mass is 10.1. The van der Waals surface area contributed by atoms with Crippen LogP contribution in [0.2, 0.25) is 10.0 Å². The number of esters is 1. The summed E-state index contributed by atoms with van der Waals surface area (Å²) < 4.78 is 39.4. The number of amides is 1. The van der Waals surface area contributed by atoms with Crippen LogP contribution in [0.1, 0.15) is 25.3 Å². The fraction of sp³-hybridized carbons (Fsp3) is 0.226. The fourth-order valence-corrected chi connectivity index (χ4v) is 6.50. The molecule has 0 aliphatic carbocycles. The minimum Gasteiger partial charge on any atom is -0.497 e. The molecule has 4 aromatic rings. The summed E-state index contributed by atoms with van der Waals surface area (Å²) in [7, 11) is -2.76. The van der Waals surface area contributed by atoms with Crippen LogP contribution in [0.15, 0.2) is 83.8 Å².